The minimum Gasteiger partial charge on any atom is -0.143 e. The van der Waals surface area contributed by atoms with Gasteiger partial charge in [-0.3, -0.25) is 0 Å². The summed E-state index contributed by atoms with van der Waals surface area (Å²) in [4.78, 5) is 1.21. The lowest BCUT2D eigenvalue weighted by atomic mass is 10.2. The van der Waals surface area contributed by atoms with E-state index < -0.39 is 0 Å². The number of hydrogen-bond donors (Lipinski definition) is 0. The SMILES string of the molecule is [c]1ccsc1-c1ccccc1. The second-order valence-electron chi connectivity index (χ2n) is 2.26. The maximum absolute atomic E-state index is 3.17. The summed E-state index contributed by atoms with van der Waals surface area (Å²) in [7, 11) is 0. The molecule has 1 heteroatoms. The summed E-state index contributed by atoms with van der Waals surface area (Å²) >= 11 is 1.72. The van der Waals surface area contributed by atoms with Crippen LogP contribution < -0.4 is 0 Å². The Balaban J connectivity index is 2.46. The third-order valence-electron chi connectivity index (χ3n) is 1.50. The molecule has 0 unspecified atom stereocenters. The molecule has 0 bridgehead atoms. The summed E-state index contributed by atoms with van der Waals surface area (Å²) in [5.41, 5.74) is 1.25. The van der Waals surface area contributed by atoms with Crippen LogP contribution in [-0.4, -0.2) is 0 Å². The highest BCUT2D eigenvalue weighted by Gasteiger charge is 1.94. The Kier molecular flexibility index (Phi) is 1.74. The van der Waals surface area contributed by atoms with Gasteiger partial charge in [-0.15, -0.1) is 11.3 Å². The van der Waals surface area contributed by atoms with Crippen molar-refractivity contribution >= 4 is 11.3 Å². The maximum atomic E-state index is 3.17. The molecule has 1 aromatic carbocycles. The maximum Gasteiger partial charge on any atom is 0.0421 e. The Morgan fingerprint density at radius 1 is 1.09 bits per heavy atom. The third kappa shape index (κ3) is 1.33. The summed E-state index contributed by atoms with van der Waals surface area (Å²) in [6.45, 7) is 0. The van der Waals surface area contributed by atoms with Crippen LogP contribution in [0, 0.1) is 6.07 Å². The Hall–Kier alpha value is -1.08. The summed E-state index contributed by atoms with van der Waals surface area (Å²) in [6, 6.07) is 15.4. The predicted octanol–water partition coefficient (Wildman–Crippen LogP) is 3.22. The number of thiophene rings is 1. The minimum atomic E-state index is 1.21. The molecule has 1 radical (unpaired) electrons. The molecule has 2 rings (SSSR count). The van der Waals surface area contributed by atoms with Crippen LogP contribution >= 0.6 is 11.3 Å². The molecule has 0 saturated heterocycles. The van der Waals surface area contributed by atoms with Gasteiger partial charge in [0.15, 0.2) is 0 Å². The van der Waals surface area contributed by atoms with Crippen molar-refractivity contribution in [3.8, 4) is 10.4 Å². The molecule has 11 heavy (non-hydrogen) atoms. The lowest BCUT2D eigenvalue weighted by Gasteiger charge is -1.92. The van der Waals surface area contributed by atoms with Gasteiger partial charge in [-0.1, -0.05) is 30.3 Å². The lowest BCUT2D eigenvalue weighted by Crippen LogP contribution is -1.67. The second-order valence-corrected chi connectivity index (χ2v) is 3.18. The molecule has 2 aromatic rings. The van der Waals surface area contributed by atoms with E-state index in [0.717, 1.165) is 0 Å². The van der Waals surface area contributed by atoms with Gasteiger partial charge in [0.2, 0.25) is 0 Å². The fourth-order valence-corrected chi connectivity index (χ4v) is 1.67. The molecule has 1 aromatic heterocycles. The zero-order chi connectivity index (χ0) is 7.52. The molecule has 0 atom stereocenters. The van der Waals surface area contributed by atoms with E-state index in [0.29, 0.717) is 0 Å². The quantitative estimate of drug-likeness (QED) is 0.599. The highest BCUT2D eigenvalue weighted by Crippen LogP contribution is 2.22. The zero-order valence-electron chi connectivity index (χ0n) is 5.95. The third-order valence-corrected chi connectivity index (χ3v) is 2.37. The first-order valence-corrected chi connectivity index (χ1v) is 4.35. The average molecular weight is 159 g/mol. The van der Waals surface area contributed by atoms with Crippen molar-refractivity contribution in [2.45, 2.75) is 0 Å². The van der Waals surface area contributed by atoms with Gasteiger partial charge in [0, 0.05) is 10.9 Å². The Morgan fingerprint density at radius 3 is 2.55 bits per heavy atom. The summed E-state index contributed by atoms with van der Waals surface area (Å²) in [5, 5.41) is 2.04. The smallest absolute Gasteiger partial charge is 0.0421 e. The topological polar surface area (TPSA) is 0 Å². The van der Waals surface area contributed by atoms with Gasteiger partial charge < -0.3 is 0 Å². The van der Waals surface area contributed by atoms with Crippen LogP contribution in [0.3, 0.4) is 0 Å². The highest BCUT2D eigenvalue weighted by molar-refractivity contribution is 7.13. The van der Waals surface area contributed by atoms with E-state index in [1.807, 2.05) is 29.6 Å². The van der Waals surface area contributed by atoms with Crippen LogP contribution in [0.5, 0.6) is 0 Å². The van der Waals surface area contributed by atoms with Crippen LogP contribution in [0.15, 0.2) is 41.8 Å². The lowest BCUT2D eigenvalue weighted by molar-refractivity contribution is 1.70. The summed E-state index contributed by atoms with van der Waals surface area (Å²) in [6.07, 6.45) is 0. The van der Waals surface area contributed by atoms with Crippen LogP contribution in [0.4, 0.5) is 0 Å². The zero-order valence-corrected chi connectivity index (χ0v) is 6.77. The molecule has 0 aliphatic heterocycles. The van der Waals surface area contributed by atoms with Crippen molar-refractivity contribution in [1.82, 2.24) is 0 Å². The molecule has 0 amide bonds. The van der Waals surface area contributed by atoms with E-state index in [4.69, 9.17) is 0 Å². The minimum absolute atomic E-state index is 1.21. The molecule has 0 fully saturated rings. The van der Waals surface area contributed by atoms with Gasteiger partial charge >= 0.3 is 0 Å². The molecule has 0 saturated carbocycles. The van der Waals surface area contributed by atoms with E-state index >= 15 is 0 Å². The van der Waals surface area contributed by atoms with E-state index in [1.54, 1.807) is 11.3 Å². The van der Waals surface area contributed by atoms with Gasteiger partial charge in [-0.25, -0.2) is 0 Å². The largest absolute Gasteiger partial charge is 0.143 e. The van der Waals surface area contributed by atoms with Crippen LogP contribution in [0.2, 0.25) is 0 Å². The summed E-state index contributed by atoms with van der Waals surface area (Å²) in [5.74, 6) is 0. The molecule has 53 valence electrons. The van der Waals surface area contributed by atoms with Gasteiger partial charge in [0.05, 0.1) is 0 Å². The van der Waals surface area contributed by atoms with Crippen molar-refractivity contribution in [3.63, 3.8) is 0 Å². The highest BCUT2D eigenvalue weighted by atomic mass is 32.1. The molecule has 0 spiro atoms. The normalized spacial score (nSPS) is 9.82. The van der Waals surface area contributed by atoms with Crippen molar-refractivity contribution in [2.75, 3.05) is 0 Å². The fourth-order valence-electron chi connectivity index (χ4n) is 0.987. The fraction of sp³-hybridized carbons (Fsp3) is 0. The van der Waals surface area contributed by atoms with Gasteiger partial charge in [-0.2, -0.15) is 0 Å². The number of benzene rings is 1. The van der Waals surface area contributed by atoms with Gasteiger partial charge in [0.25, 0.3) is 0 Å². The van der Waals surface area contributed by atoms with E-state index in [-0.39, 0.29) is 0 Å². The molecular formula is C10H7S. The number of hydrogen-bond acceptors (Lipinski definition) is 1. The van der Waals surface area contributed by atoms with Crippen LogP contribution in [-0.2, 0) is 0 Å². The average Bonchev–Trinajstić information content (AvgIpc) is 2.58. The first-order valence-electron chi connectivity index (χ1n) is 3.47. The molecule has 0 aliphatic rings. The molecule has 0 nitrogen and oxygen atoms in total. The first kappa shape index (κ1) is 6.62. The van der Waals surface area contributed by atoms with Crippen LogP contribution in [0.25, 0.3) is 10.4 Å². The molecular weight excluding hydrogens is 152 g/mol. The Bertz CT molecular complexity index is 308. The molecule has 0 aliphatic carbocycles. The van der Waals surface area contributed by atoms with E-state index in [9.17, 15) is 0 Å². The molecule has 0 N–H and O–H groups in total. The first-order chi connectivity index (χ1) is 5.47. The molecule has 1 heterocycles. The van der Waals surface area contributed by atoms with E-state index in [1.165, 1.54) is 10.4 Å². The standard InChI is InChI=1S/C10H7S/c1-2-5-9(6-3-1)10-7-4-8-11-10/h1-6,8H. The Labute approximate surface area is 70.1 Å². The van der Waals surface area contributed by atoms with Crippen molar-refractivity contribution < 1.29 is 0 Å². The van der Waals surface area contributed by atoms with Crippen LogP contribution in [0.1, 0.15) is 0 Å². The Morgan fingerprint density at radius 2 is 1.91 bits per heavy atom. The van der Waals surface area contributed by atoms with Crippen molar-refractivity contribution in [1.29, 1.82) is 0 Å². The van der Waals surface area contributed by atoms with Crippen molar-refractivity contribution in [2.24, 2.45) is 0 Å². The van der Waals surface area contributed by atoms with Crippen molar-refractivity contribution in [3.05, 3.63) is 47.8 Å². The number of rotatable bonds is 1. The second kappa shape index (κ2) is 2.89. The van der Waals surface area contributed by atoms with E-state index in [2.05, 4.69) is 18.2 Å². The summed E-state index contributed by atoms with van der Waals surface area (Å²) < 4.78 is 0. The van der Waals surface area contributed by atoms with Gasteiger partial charge in [0.1, 0.15) is 0 Å². The monoisotopic (exact) mass is 159 g/mol. The van der Waals surface area contributed by atoms with Gasteiger partial charge in [-0.05, 0) is 17.0 Å². The predicted molar refractivity (Wildman–Crippen MR) is 48.6 cm³/mol.